The number of aliphatic imine (C=N–C) groups is 1. The topological polar surface area (TPSA) is 43.7 Å². The van der Waals surface area contributed by atoms with Crippen molar-refractivity contribution in [2.75, 3.05) is 21.3 Å². The molecule has 4 heteroatoms. The lowest BCUT2D eigenvalue weighted by atomic mass is 10.2. The fraction of sp³-hybridized carbons (Fsp3) is 0.286. The van der Waals surface area contributed by atoms with Gasteiger partial charge in [-0.15, -0.1) is 0 Å². The van der Waals surface area contributed by atoms with Gasteiger partial charge in [0, 0.05) is 25.4 Å². The van der Waals surface area contributed by atoms with Gasteiger partial charge in [0.15, 0.2) is 0 Å². The van der Waals surface area contributed by atoms with Gasteiger partial charge in [0.2, 0.25) is 0 Å². The molecule has 96 valence electrons. The number of aromatic nitrogens is 1. The number of ether oxygens (including phenoxy) is 2. The Labute approximate surface area is 108 Å². The van der Waals surface area contributed by atoms with Crippen LogP contribution in [0.2, 0.25) is 0 Å². The highest BCUT2D eigenvalue weighted by molar-refractivity contribution is 6.07. The summed E-state index contributed by atoms with van der Waals surface area (Å²) in [7, 11) is 4.96. The van der Waals surface area contributed by atoms with Crippen molar-refractivity contribution < 1.29 is 9.47 Å². The lowest BCUT2D eigenvalue weighted by Crippen LogP contribution is -2.02. The third-order valence-corrected chi connectivity index (χ3v) is 2.32. The van der Waals surface area contributed by atoms with Crippen LogP contribution >= 0.6 is 0 Å². The summed E-state index contributed by atoms with van der Waals surface area (Å²) in [5.74, 6) is 1.47. The van der Waals surface area contributed by atoms with Crippen molar-refractivity contribution in [2.45, 2.75) is 6.92 Å². The number of allylic oxidation sites excluding steroid dienone is 3. The van der Waals surface area contributed by atoms with E-state index >= 15 is 0 Å². The van der Waals surface area contributed by atoms with E-state index < -0.39 is 0 Å². The Morgan fingerprint density at radius 1 is 1.39 bits per heavy atom. The molecule has 1 aromatic rings. The van der Waals surface area contributed by atoms with Crippen LogP contribution in [0.25, 0.3) is 0 Å². The summed E-state index contributed by atoms with van der Waals surface area (Å²) in [5, 5.41) is 0. The molecule has 0 aliphatic heterocycles. The van der Waals surface area contributed by atoms with Crippen molar-refractivity contribution in [3.05, 3.63) is 48.0 Å². The highest BCUT2D eigenvalue weighted by Crippen LogP contribution is 2.12. The number of rotatable bonds is 5. The van der Waals surface area contributed by atoms with Crippen molar-refractivity contribution in [1.29, 1.82) is 0 Å². The molecule has 0 radical (unpaired) electrons. The van der Waals surface area contributed by atoms with E-state index in [4.69, 9.17) is 9.47 Å². The second kappa shape index (κ2) is 7.27. The van der Waals surface area contributed by atoms with Crippen LogP contribution in [0.4, 0.5) is 0 Å². The van der Waals surface area contributed by atoms with Crippen LogP contribution in [0.3, 0.4) is 0 Å². The molecule has 0 N–H and O–H groups in total. The lowest BCUT2D eigenvalue weighted by Gasteiger charge is -2.05. The minimum atomic E-state index is 0.725. The van der Waals surface area contributed by atoms with Gasteiger partial charge in [-0.1, -0.05) is 6.08 Å². The average Bonchev–Trinajstić information content (AvgIpc) is 2.43. The molecular formula is C14H18N2O2. The fourth-order valence-electron chi connectivity index (χ4n) is 1.41. The van der Waals surface area contributed by atoms with Gasteiger partial charge in [-0.2, -0.15) is 0 Å². The Bertz CT molecular complexity index is 476. The first-order valence-corrected chi connectivity index (χ1v) is 5.60. The molecule has 0 aromatic carbocycles. The molecule has 1 aromatic heterocycles. The molecule has 0 atom stereocenters. The van der Waals surface area contributed by atoms with E-state index in [0.717, 1.165) is 22.9 Å². The van der Waals surface area contributed by atoms with Crippen LogP contribution in [-0.2, 0) is 4.74 Å². The second-order valence-corrected chi connectivity index (χ2v) is 3.44. The maximum absolute atomic E-state index is 5.24. The number of hydrogen-bond acceptors (Lipinski definition) is 4. The molecule has 0 amide bonds. The van der Waals surface area contributed by atoms with Crippen LogP contribution in [0, 0.1) is 0 Å². The molecule has 0 bridgehead atoms. The third-order valence-electron chi connectivity index (χ3n) is 2.32. The Morgan fingerprint density at radius 2 is 2.17 bits per heavy atom. The normalized spacial score (nSPS) is 12.9. The molecule has 0 spiro atoms. The van der Waals surface area contributed by atoms with Gasteiger partial charge in [-0.3, -0.25) is 9.98 Å². The summed E-state index contributed by atoms with van der Waals surface area (Å²) < 4.78 is 10.4. The fourth-order valence-corrected chi connectivity index (χ4v) is 1.41. The summed E-state index contributed by atoms with van der Waals surface area (Å²) in [6, 6.07) is 3.63. The van der Waals surface area contributed by atoms with Crippen molar-refractivity contribution in [3.8, 4) is 5.75 Å². The Kier molecular flexibility index (Phi) is 5.64. The SMILES string of the molecule is C\C=C/C(=C\C(=N\C)c1cc(OC)ccn1)OC. The monoisotopic (exact) mass is 246 g/mol. The van der Waals surface area contributed by atoms with E-state index in [9.17, 15) is 0 Å². The van der Waals surface area contributed by atoms with E-state index in [0.29, 0.717) is 0 Å². The van der Waals surface area contributed by atoms with E-state index in [2.05, 4.69) is 9.98 Å². The second-order valence-electron chi connectivity index (χ2n) is 3.44. The Morgan fingerprint density at radius 3 is 2.72 bits per heavy atom. The van der Waals surface area contributed by atoms with Gasteiger partial charge in [0.25, 0.3) is 0 Å². The largest absolute Gasteiger partial charge is 0.497 e. The lowest BCUT2D eigenvalue weighted by molar-refractivity contribution is 0.307. The molecule has 0 aliphatic rings. The number of nitrogens with zero attached hydrogens (tertiary/aromatic N) is 2. The van der Waals surface area contributed by atoms with Crippen molar-refractivity contribution in [3.63, 3.8) is 0 Å². The zero-order valence-electron chi connectivity index (χ0n) is 11.2. The van der Waals surface area contributed by atoms with E-state index in [1.807, 2.05) is 31.2 Å². The predicted octanol–water partition coefficient (Wildman–Crippen LogP) is 2.62. The summed E-state index contributed by atoms with van der Waals surface area (Å²) >= 11 is 0. The smallest absolute Gasteiger partial charge is 0.122 e. The summed E-state index contributed by atoms with van der Waals surface area (Å²) in [6.45, 7) is 1.93. The van der Waals surface area contributed by atoms with Gasteiger partial charge in [-0.25, -0.2) is 0 Å². The molecule has 1 rings (SSSR count). The third kappa shape index (κ3) is 3.73. The average molecular weight is 246 g/mol. The van der Waals surface area contributed by atoms with Gasteiger partial charge in [0.05, 0.1) is 25.6 Å². The van der Waals surface area contributed by atoms with Crippen LogP contribution in [0.15, 0.2) is 47.3 Å². The van der Waals surface area contributed by atoms with Crippen molar-refractivity contribution in [2.24, 2.45) is 4.99 Å². The van der Waals surface area contributed by atoms with Crippen molar-refractivity contribution in [1.82, 2.24) is 4.98 Å². The van der Waals surface area contributed by atoms with Crippen LogP contribution < -0.4 is 4.74 Å². The maximum atomic E-state index is 5.24. The molecule has 18 heavy (non-hydrogen) atoms. The first kappa shape index (κ1) is 14.0. The van der Waals surface area contributed by atoms with Gasteiger partial charge >= 0.3 is 0 Å². The van der Waals surface area contributed by atoms with Crippen LogP contribution in [0.5, 0.6) is 5.75 Å². The number of hydrogen-bond donors (Lipinski definition) is 0. The quantitative estimate of drug-likeness (QED) is 0.455. The summed E-state index contributed by atoms with van der Waals surface area (Å²) in [6.07, 6.45) is 7.30. The molecule has 0 unspecified atom stereocenters. The first-order valence-electron chi connectivity index (χ1n) is 5.60. The highest BCUT2D eigenvalue weighted by Gasteiger charge is 2.04. The predicted molar refractivity (Wildman–Crippen MR) is 73.2 cm³/mol. The van der Waals surface area contributed by atoms with E-state index in [1.54, 1.807) is 33.5 Å². The van der Waals surface area contributed by atoms with Crippen molar-refractivity contribution >= 4 is 5.71 Å². The molecule has 1 heterocycles. The molecule has 0 saturated carbocycles. The number of methoxy groups -OCH3 is 2. The number of pyridine rings is 1. The Hall–Kier alpha value is -2.10. The van der Waals surface area contributed by atoms with Crippen LogP contribution in [-0.4, -0.2) is 32.0 Å². The molecule has 0 saturated heterocycles. The van der Waals surface area contributed by atoms with Gasteiger partial charge < -0.3 is 9.47 Å². The standard InChI is InChI=1S/C14H18N2O2/c1-5-6-11(17-3)9-13(15-2)14-10-12(18-4)7-8-16-14/h5-10H,1-4H3/b6-5-,11-9+,15-13-. The zero-order chi connectivity index (χ0) is 13.4. The van der Waals surface area contributed by atoms with E-state index in [-0.39, 0.29) is 0 Å². The first-order chi connectivity index (χ1) is 8.74. The molecular weight excluding hydrogens is 228 g/mol. The highest BCUT2D eigenvalue weighted by atomic mass is 16.5. The summed E-state index contributed by atoms with van der Waals surface area (Å²) in [4.78, 5) is 8.48. The minimum absolute atomic E-state index is 0.725. The Balaban J connectivity index is 3.10. The molecule has 0 aliphatic carbocycles. The van der Waals surface area contributed by atoms with Gasteiger partial charge in [-0.05, 0) is 19.1 Å². The summed E-state index contributed by atoms with van der Waals surface area (Å²) in [5.41, 5.74) is 1.49. The zero-order valence-corrected chi connectivity index (χ0v) is 11.2. The molecule has 0 fully saturated rings. The van der Waals surface area contributed by atoms with Gasteiger partial charge in [0.1, 0.15) is 11.5 Å². The minimum Gasteiger partial charge on any atom is -0.497 e. The molecule has 4 nitrogen and oxygen atoms in total. The van der Waals surface area contributed by atoms with E-state index in [1.165, 1.54) is 0 Å². The van der Waals surface area contributed by atoms with Crippen LogP contribution in [0.1, 0.15) is 12.6 Å². The maximum Gasteiger partial charge on any atom is 0.122 e.